The van der Waals surface area contributed by atoms with Crippen LogP contribution in [0, 0.1) is 6.92 Å². The van der Waals surface area contributed by atoms with E-state index in [1.807, 2.05) is 19.1 Å². The van der Waals surface area contributed by atoms with Crippen LogP contribution in [-0.2, 0) is 4.79 Å². The van der Waals surface area contributed by atoms with Gasteiger partial charge in [-0.15, -0.1) is 11.8 Å². The van der Waals surface area contributed by atoms with Crippen LogP contribution in [0.25, 0.3) is 0 Å². The maximum atomic E-state index is 11.9. The molecule has 1 aliphatic rings. The summed E-state index contributed by atoms with van der Waals surface area (Å²) in [6.07, 6.45) is 1.31. The van der Waals surface area contributed by atoms with Crippen LogP contribution in [0.5, 0.6) is 0 Å². The minimum Gasteiger partial charge on any atom is -0.512 e. The van der Waals surface area contributed by atoms with Crippen LogP contribution in [0.1, 0.15) is 22.3 Å². The number of aliphatic hydroxyl groups is 1. The number of Topliss-reactive ketones (excluding diaryl/α,β-unsaturated/α-hetero) is 1. The summed E-state index contributed by atoms with van der Waals surface area (Å²) in [5, 5.41) is 9.80. The first-order chi connectivity index (χ1) is 9.04. The highest BCUT2D eigenvalue weighted by Gasteiger charge is 2.15. The van der Waals surface area contributed by atoms with Gasteiger partial charge in [0.05, 0.1) is 17.2 Å². The van der Waals surface area contributed by atoms with Gasteiger partial charge >= 0.3 is 0 Å². The molecule has 5 heteroatoms. The van der Waals surface area contributed by atoms with Gasteiger partial charge in [0.1, 0.15) is 5.76 Å². The summed E-state index contributed by atoms with van der Waals surface area (Å²) in [7, 11) is 0. The van der Waals surface area contributed by atoms with Crippen molar-refractivity contribution in [2.24, 2.45) is 4.99 Å². The van der Waals surface area contributed by atoms with Crippen molar-refractivity contribution in [2.45, 2.75) is 13.3 Å². The second-order valence-corrected chi connectivity index (χ2v) is 5.28. The fourth-order valence-electron chi connectivity index (χ4n) is 1.60. The van der Waals surface area contributed by atoms with E-state index in [0.717, 1.165) is 11.6 Å². The fraction of sp³-hybridized carbons (Fsp3) is 0.214. The van der Waals surface area contributed by atoms with E-state index in [9.17, 15) is 14.7 Å². The standard InChI is InChI=1S/C14H13NO3S/c1-9-2-4-10(5-3-9)12(17)8-19-14-7-11(16)6-13(18)15-14/h2-6,16H,7-8H2,1H3. The lowest BCUT2D eigenvalue weighted by Gasteiger charge is -2.08. The second kappa shape index (κ2) is 5.84. The Kier molecular flexibility index (Phi) is 4.16. The summed E-state index contributed by atoms with van der Waals surface area (Å²) in [4.78, 5) is 26.8. The molecule has 2 rings (SSSR count). The monoisotopic (exact) mass is 275 g/mol. The zero-order valence-corrected chi connectivity index (χ0v) is 11.2. The number of benzene rings is 1. The molecule has 1 aromatic rings. The lowest BCUT2D eigenvalue weighted by atomic mass is 10.1. The first-order valence-electron chi connectivity index (χ1n) is 5.78. The Morgan fingerprint density at radius 3 is 2.68 bits per heavy atom. The molecule has 98 valence electrons. The summed E-state index contributed by atoms with van der Waals surface area (Å²) < 4.78 is 0. The molecule has 1 aromatic carbocycles. The minimum atomic E-state index is -0.478. The average Bonchev–Trinajstić information content (AvgIpc) is 2.36. The van der Waals surface area contributed by atoms with Crippen LogP contribution in [0.3, 0.4) is 0 Å². The molecule has 1 aliphatic heterocycles. The van der Waals surface area contributed by atoms with Crippen LogP contribution in [0.2, 0.25) is 0 Å². The number of carbonyl (C=O) groups excluding carboxylic acids is 2. The van der Waals surface area contributed by atoms with Gasteiger partial charge in [0.2, 0.25) is 0 Å². The van der Waals surface area contributed by atoms with E-state index in [2.05, 4.69) is 4.99 Å². The van der Waals surface area contributed by atoms with Crippen molar-refractivity contribution in [1.29, 1.82) is 0 Å². The van der Waals surface area contributed by atoms with Gasteiger partial charge in [0.25, 0.3) is 5.91 Å². The number of aliphatic imine (C=N–C) groups is 1. The van der Waals surface area contributed by atoms with Gasteiger partial charge in [-0.05, 0) is 6.92 Å². The number of allylic oxidation sites excluding steroid dienone is 1. The Balaban J connectivity index is 1.94. The quantitative estimate of drug-likeness (QED) is 0.861. The van der Waals surface area contributed by atoms with Crippen molar-refractivity contribution in [1.82, 2.24) is 0 Å². The van der Waals surface area contributed by atoms with Gasteiger partial charge in [0, 0.05) is 11.6 Å². The first kappa shape index (κ1) is 13.5. The van der Waals surface area contributed by atoms with Crippen molar-refractivity contribution in [3.8, 4) is 0 Å². The highest BCUT2D eigenvalue weighted by atomic mass is 32.2. The Labute approximate surface area is 115 Å². The molecule has 0 aromatic heterocycles. The van der Waals surface area contributed by atoms with E-state index < -0.39 is 5.91 Å². The summed E-state index contributed by atoms with van der Waals surface area (Å²) in [5.74, 6) is -0.295. The van der Waals surface area contributed by atoms with Gasteiger partial charge in [-0.2, -0.15) is 0 Å². The second-order valence-electron chi connectivity index (χ2n) is 4.23. The zero-order valence-electron chi connectivity index (χ0n) is 10.4. The predicted octanol–water partition coefficient (Wildman–Crippen LogP) is 2.68. The maximum Gasteiger partial charge on any atom is 0.273 e. The van der Waals surface area contributed by atoms with Crippen LogP contribution < -0.4 is 0 Å². The van der Waals surface area contributed by atoms with Crippen molar-refractivity contribution < 1.29 is 14.7 Å². The SMILES string of the molecule is Cc1ccc(C(=O)CSC2=NC(=O)C=C(O)C2)cc1. The Morgan fingerprint density at radius 1 is 1.37 bits per heavy atom. The summed E-state index contributed by atoms with van der Waals surface area (Å²) in [6.45, 7) is 1.96. The Bertz CT molecular complexity index is 573. The molecule has 0 unspecified atom stereocenters. The topological polar surface area (TPSA) is 66.7 Å². The molecule has 0 saturated heterocycles. The number of hydrogen-bond donors (Lipinski definition) is 1. The molecule has 0 radical (unpaired) electrons. The number of nitrogens with zero attached hydrogens (tertiary/aromatic N) is 1. The van der Waals surface area contributed by atoms with Crippen molar-refractivity contribution in [3.63, 3.8) is 0 Å². The smallest absolute Gasteiger partial charge is 0.273 e. The normalized spacial score (nSPS) is 14.9. The third kappa shape index (κ3) is 3.79. The van der Waals surface area contributed by atoms with E-state index in [1.165, 1.54) is 11.8 Å². The molecule has 1 N–H and O–H groups in total. The van der Waals surface area contributed by atoms with Gasteiger partial charge in [-0.3, -0.25) is 9.59 Å². The average molecular weight is 275 g/mol. The molecule has 0 saturated carbocycles. The van der Waals surface area contributed by atoms with Crippen molar-refractivity contribution >= 4 is 28.5 Å². The number of ketones is 1. The summed E-state index contributed by atoms with van der Waals surface area (Å²) in [6, 6.07) is 7.33. The molecule has 1 amide bonds. The Hall–Kier alpha value is -1.88. The lowest BCUT2D eigenvalue weighted by Crippen LogP contribution is -2.10. The van der Waals surface area contributed by atoms with E-state index in [1.54, 1.807) is 12.1 Å². The highest BCUT2D eigenvalue weighted by Crippen LogP contribution is 2.18. The maximum absolute atomic E-state index is 11.9. The van der Waals surface area contributed by atoms with Gasteiger partial charge in [0.15, 0.2) is 5.78 Å². The third-order valence-corrected chi connectivity index (χ3v) is 3.58. The van der Waals surface area contributed by atoms with Crippen LogP contribution in [0.15, 0.2) is 41.1 Å². The summed E-state index contributed by atoms with van der Waals surface area (Å²) >= 11 is 1.19. The minimum absolute atomic E-state index is 0.00900. The van der Waals surface area contributed by atoms with E-state index in [-0.39, 0.29) is 23.7 Å². The Morgan fingerprint density at radius 2 is 2.05 bits per heavy atom. The highest BCUT2D eigenvalue weighted by molar-refractivity contribution is 8.14. The molecular weight excluding hydrogens is 262 g/mol. The first-order valence-corrected chi connectivity index (χ1v) is 6.77. The van der Waals surface area contributed by atoms with Gasteiger partial charge < -0.3 is 5.11 Å². The molecule has 1 heterocycles. The summed E-state index contributed by atoms with van der Waals surface area (Å²) in [5.41, 5.74) is 1.74. The molecule has 0 spiro atoms. The number of rotatable bonds is 3. The molecule has 0 aliphatic carbocycles. The van der Waals surface area contributed by atoms with Crippen LogP contribution >= 0.6 is 11.8 Å². The molecule has 0 atom stereocenters. The van der Waals surface area contributed by atoms with Crippen molar-refractivity contribution in [2.75, 3.05) is 5.75 Å². The third-order valence-electron chi connectivity index (χ3n) is 2.60. The number of carbonyl (C=O) groups is 2. The fourth-order valence-corrected chi connectivity index (χ4v) is 2.47. The lowest BCUT2D eigenvalue weighted by molar-refractivity contribution is -0.113. The molecule has 0 fully saturated rings. The molecular formula is C14H13NO3S. The number of dihydropyridines is 1. The predicted molar refractivity (Wildman–Crippen MR) is 75.7 cm³/mol. The number of thioether (sulfide) groups is 1. The zero-order chi connectivity index (χ0) is 13.8. The van der Waals surface area contributed by atoms with Gasteiger partial charge in [-0.1, -0.05) is 29.8 Å². The number of amides is 1. The van der Waals surface area contributed by atoms with Crippen molar-refractivity contribution in [3.05, 3.63) is 47.2 Å². The molecule has 4 nitrogen and oxygen atoms in total. The number of hydrogen-bond acceptors (Lipinski definition) is 4. The molecule has 19 heavy (non-hydrogen) atoms. The van der Waals surface area contributed by atoms with Crippen LogP contribution in [0.4, 0.5) is 0 Å². The van der Waals surface area contributed by atoms with E-state index in [0.29, 0.717) is 10.6 Å². The number of aliphatic hydroxyl groups excluding tert-OH is 1. The van der Waals surface area contributed by atoms with Crippen LogP contribution in [-0.4, -0.2) is 27.6 Å². The molecule has 0 bridgehead atoms. The van der Waals surface area contributed by atoms with E-state index in [4.69, 9.17) is 0 Å². The van der Waals surface area contributed by atoms with E-state index >= 15 is 0 Å². The number of aryl methyl sites for hydroxylation is 1. The largest absolute Gasteiger partial charge is 0.512 e. The van der Waals surface area contributed by atoms with Gasteiger partial charge in [-0.25, -0.2) is 4.99 Å².